The number of hydrogen-bond donors (Lipinski definition) is 2. The van der Waals surface area contributed by atoms with E-state index in [9.17, 15) is 0 Å². The first-order valence-electron chi connectivity index (χ1n) is 1.60. The van der Waals surface area contributed by atoms with E-state index >= 15 is 0 Å². The van der Waals surface area contributed by atoms with Crippen LogP contribution in [-0.2, 0) is 0 Å². The Kier molecular flexibility index (Phi) is 38.9. The highest BCUT2D eigenvalue weighted by Gasteiger charge is 1.25. The summed E-state index contributed by atoms with van der Waals surface area (Å²) in [4.78, 5) is 0. The molecule has 0 heterocycles. The summed E-state index contributed by atoms with van der Waals surface area (Å²) in [5, 5.41) is 8.60. The van der Waals surface area contributed by atoms with Gasteiger partial charge in [0, 0.05) is 0 Å². The Morgan fingerprint density at radius 1 is 1.67 bits per heavy atom. The molecular weight excluding hydrogens is 76.1 g/mol. The fourth-order valence-corrected chi connectivity index (χ4v) is 0. The normalized spacial score (nSPS) is 4.33. The monoisotopic (exact) mass is 86.1 g/mol. The SMILES string of the molecule is C=C=N.CNC. The molecule has 0 aromatic carbocycles. The fourth-order valence-electron chi connectivity index (χ4n) is 0. The molecule has 2 nitrogen and oxygen atoms in total. The Morgan fingerprint density at radius 2 is 1.67 bits per heavy atom. The predicted octanol–water partition coefficient (Wildman–Crippen LogP) is 0.256. The zero-order valence-electron chi connectivity index (χ0n) is 4.21. The Morgan fingerprint density at radius 3 is 1.67 bits per heavy atom. The molecular formula is C4H10N2. The fraction of sp³-hybridized carbons (Fsp3) is 0.500. The molecule has 0 aliphatic heterocycles. The van der Waals surface area contributed by atoms with Crippen molar-refractivity contribution in [2.45, 2.75) is 0 Å². The van der Waals surface area contributed by atoms with Crippen molar-refractivity contribution in [3.63, 3.8) is 0 Å². The average molecular weight is 86.1 g/mol. The minimum atomic E-state index is 1.75. The van der Waals surface area contributed by atoms with Crippen LogP contribution < -0.4 is 5.32 Å². The molecule has 0 aromatic heterocycles. The van der Waals surface area contributed by atoms with Gasteiger partial charge in [-0.1, -0.05) is 0 Å². The van der Waals surface area contributed by atoms with Gasteiger partial charge < -0.3 is 5.32 Å². The lowest BCUT2D eigenvalue weighted by atomic mass is 11.2. The maximum atomic E-state index is 5.85. The molecule has 0 unspecified atom stereocenters. The van der Waals surface area contributed by atoms with Crippen molar-refractivity contribution in [3.05, 3.63) is 6.58 Å². The van der Waals surface area contributed by atoms with Crippen molar-refractivity contribution in [1.82, 2.24) is 5.32 Å². The molecule has 36 valence electrons. The highest BCUT2D eigenvalue weighted by Crippen LogP contribution is 0.981. The lowest BCUT2D eigenvalue weighted by Gasteiger charge is -1.59. The van der Waals surface area contributed by atoms with Gasteiger partial charge in [-0.2, -0.15) is 0 Å². The Labute approximate surface area is 38.4 Å². The van der Waals surface area contributed by atoms with Crippen LogP contribution in [0, 0.1) is 5.41 Å². The van der Waals surface area contributed by atoms with Gasteiger partial charge in [0.15, 0.2) is 0 Å². The quantitative estimate of drug-likeness (QED) is 0.407. The van der Waals surface area contributed by atoms with Crippen molar-refractivity contribution in [2.24, 2.45) is 0 Å². The van der Waals surface area contributed by atoms with Crippen LogP contribution in [0.15, 0.2) is 6.58 Å². The second-order valence-corrected chi connectivity index (χ2v) is 0.677. The first kappa shape index (κ1) is 9.05. The van der Waals surface area contributed by atoms with Crippen LogP contribution in [0.3, 0.4) is 0 Å². The highest BCUT2D eigenvalue weighted by atomic mass is 14.7. The molecule has 6 heavy (non-hydrogen) atoms. The molecule has 0 saturated carbocycles. The zero-order chi connectivity index (χ0) is 5.41. The van der Waals surface area contributed by atoms with E-state index in [4.69, 9.17) is 5.41 Å². The largest absolute Gasteiger partial charge is 0.323 e. The van der Waals surface area contributed by atoms with Crippen LogP contribution in [0.2, 0.25) is 0 Å². The first-order chi connectivity index (χ1) is 2.83. The lowest BCUT2D eigenvalue weighted by Crippen LogP contribution is -1.89. The zero-order valence-corrected chi connectivity index (χ0v) is 4.21. The van der Waals surface area contributed by atoms with E-state index in [2.05, 4.69) is 11.9 Å². The highest BCUT2D eigenvalue weighted by molar-refractivity contribution is 5.41. The van der Waals surface area contributed by atoms with Gasteiger partial charge in [-0.15, -0.1) is 0 Å². The summed E-state index contributed by atoms with van der Waals surface area (Å²) in [6.07, 6.45) is 0. The molecule has 0 aromatic rings. The van der Waals surface area contributed by atoms with Gasteiger partial charge >= 0.3 is 0 Å². The third-order valence-corrected chi connectivity index (χ3v) is 0. The van der Waals surface area contributed by atoms with Gasteiger partial charge in [-0.3, -0.25) is 5.41 Å². The second-order valence-electron chi connectivity index (χ2n) is 0.677. The standard InChI is InChI=1S/C2H7N.C2H3N/c1-3-2;1-2-3/h3H,1-2H3;3H,1H2. The van der Waals surface area contributed by atoms with Crippen LogP contribution in [0.25, 0.3) is 0 Å². The van der Waals surface area contributed by atoms with Crippen molar-refractivity contribution < 1.29 is 0 Å². The topological polar surface area (TPSA) is 35.9 Å². The van der Waals surface area contributed by atoms with Gasteiger partial charge in [-0.05, 0) is 26.5 Å². The van der Waals surface area contributed by atoms with E-state index in [1.165, 1.54) is 0 Å². The van der Waals surface area contributed by atoms with E-state index in [0.29, 0.717) is 0 Å². The number of hydrogen-bond acceptors (Lipinski definition) is 2. The smallest absolute Gasteiger partial charge is 0.0167 e. The molecule has 2 heteroatoms. The van der Waals surface area contributed by atoms with Gasteiger partial charge in [0.2, 0.25) is 0 Å². The molecule has 0 amide bonds. The van der Waals surface area contributed by atoms with Crippen molar-refractivity contribution >= 4 is 5.87 Å². The third kappa shape index (κ3) is 56.9. The maximum absolute atomic E-state index is 5.85. The number of rotatable bonds is 0. The van der Waals surface area contributed by atoms with Crippen LogP contribution in [0.1, 0.15) is 0 Å². The summed E-state index contributed by atoms with van der Waals surface area (Å²) in [5.41, 5.74) is 0. The summed E-state index contributed by atoms with van der Waals surface area (Å²) in [7, 11) is 3.75. The first-order valence-corrected chi connectivity index (χ1v) is 1.60. The van der Waals surface area contributed by atoms with E-state index in [-0.39, 0.29) is 0 Å². The Hall–Kier alpha value is -0.590. The van der Waals surface area contributed by atoms with E-state index in [1.54, 1.807) is 5.87 Å². The van der Waals surface area contributed by atoms with Crippen LogP contribution >= 0.6 is 0 Å². The van der Waals surface area contributed by atoms with Crippen LogP contribution in [0.5, 0.6) is 0 Å². The van der Waals surface area contributed by atoms with Crippen molar-refractivity contribution in [2.75, 3.05) is 14.1 Å². The summed E-state index contributed by atoms with van der Waals surface area (Å²) in [6, 6.07) is 0. The van der Waals surface area contributed by atoms with Crippen LogP contribution in [-0.4, -0.2) is 20.0 Å². The Balaban J connectivity index is 0. The molecule has 0 atom stereocenters. The maximum Gasteiger partial charge on any atom is -0.0167 e. The molecule has 0 aliphatic carbocycles. The predicted molar refractivity (Wildman–Crippen MR) is 28.3 cm³/mol. The minimum absolute atomic E-state index is 1.75. The van der Waals surface area contributed by atoms with Gasteiger partial charge in [0.05, 0.1) is 0 Å². The van der Waals surface area contributed by atoms with E-state index in [0.717, 1.165) is 0 Å². The summed E-state index contributed by atoms with van der Waals surface area (Å²) in [6.45, 7) is 2.90. The van der Waals surface area contributed by atoms with Crippen LogP contribution in [0.4, 0.5) is 0 Å². The second kappa shape index (κ2) is 25.8. The number of nitrogens with one attached hydrogen (secondary N) is 2. The van der Waals surface area contributed by atoms with E-state index < -0.39 is 0 Å². The van der Waals surface area contributed by atoms with Gasteiger partial charge in [-0.25, -0.2) is 0 Å². The van der Waals surface area contributed by atoms with E-state index in [1.807, 2.05) is 14.1 Å². The molecule has 2 N–H and O–H groups in total. The molecule has 0 fully saturated rings. The molecule has 0 radical (unpaired) electrons. The molecule has 0 aliphatic rings. The summed E-state index contributed by atoms with van der Waals surface area (Å²) in [5.74, 6) is 1.75. The molecule has 0 saturated heterocycles. The molecule has 0 spiro atoms. The molecule has 0 bridgehead atoms. The van der Waals surface area contributed by atoms with Gasteiger partial charge in [0.1, 0.15) is 0 Å². The van der Waals surface area contributed by atoms with Crippen molar-refractivity contribution in [3.8, 4) is 0 Å². The third-order valence-electron chi connectivity index (χ3n) is 0. The lowest BCUT2D eigenvalue weighted by molar-refractivity contribution is 1.02. The van der Waals surface area contributed by atoms with Crippen molar-refractivity contribution in [1.29, 1.82) is 5.41 Å². The van der Waals surface area contributed by atoms with Gasteiger partial charge in [0.25, 0.3) is 0 Å². The average Bonchev–Trinajstić information content (AvgIpc) is 1.39. The summed E-state index contributed by atoms with van der Waals surface area (Å²) >= 11 is 0. The molecule has 0 rings (SSSR count). The minimum Gasteiger partial charge on any atom is -0.323 e. The summed E-state index contributed by atoms with van der Waals surface area (Å²) < 4.78 is 0. The Bertz CT molecular complexity index is 34.8.